The maximum absolute atomic E-state index is 10.1. The van der Waals surface area contributed by atoms with Gasteiger partial charge < -0.3 is 4.57 Å². The van der Waals surface area contributed by atoms with Crippen LogP contribution in [0, 0.1) is 17.2 Å². The van der Waals surface area contributed by atoms with Crippen LogP contribution in [0.1, 0.15) is 91.5 Å². The van der Waals surface area contributed by atoms with Crippen LogP contribution in [0.3, 0.4) is 0 Å². The first-order valence-electron chi connectivity index (χ1n) is 20.5. The summed E-state index contributed by atoms with van der Waals surface area (Å²) in [7, 11) is 0. The lowest BCUT2D eigenvalue weighted by molar-refractivity contribution is 0.534. The van der Waals surface area contributed by atoms with E-state index in [4.69, 9.17) is 0 Å². The number of allylic oxidation sites excluding steroid dienone is 6. The minimum absolute atomic E-state index is 0.140. The van der Waals surface area contributed by atoms with Gasteiger partial charge in [0, 0.05) is 39.8 Å². The molecule has 0 amide bonds. The predicted octanol–water partition coefficient (Wildman–Crippen LogP) is 14.0. The third-order valence-corrected chi connectivity index (χ3v) is 13.5. The average Bonchev–Trinajstić information content (AvgIpc) is 3.72. The molecule has 2 nitrogen and oxygen atoms in total. The Labute approximate surface area is 323 Å². The Bertz CT molecular complexity index is 2870. The maximum Gasteiger partial charge on any atom is 0.0991 e. The smallest absolute Gasteiger partial charge is 0.0991 e. The number of aromatic nitrogens is 1. The van der Waals surface area contributed by atoms with Crippen molar-refractivity contribution in [3.63, 3.8) is 0 Å². The minimum Gasteiger partial charge on any atom is -0.312 e. The molecule has 0 saturated carbocycles. The molecule has 11 rings (SSSR count). The van der Waals surface area contributed by atoms with Crippen LogP contribution in [-0.4, -0.2) is 4.57 Å². The highest BCUT2D eigenvalue weighted by molar-refractivity contribution is 6.20. The summed E-state index contributed by atoms with van der Waals surface area (Å²) in [4.78, 5) is 0. The van der Waals surface area contributed by atoms with Gasteiger partial charge in [-0.05, 0) is 131 Å². The van der Waals surface area contributed by atoms with Gasteiger partial charge in [-0.2, -0.15) is 5.26 Å². The van der Waals surface area contributed by atoms with E-state index in [0.29, 0.717) is 5.92 Å². The van der Waals surface area contributed by atoms with E-state index >= 15 is 0 Å². The fourth-order valence-corrected chi connectivity index (χ4v) is 11.2. The monoisotopic (exact) mass is 708 g/mol. The van der Waals surface area contributed by atoms with Crippen molar-refractivity contribution in [2.75, 3.05) is 0 Å². The van der Waals surface area contributed by atoms with Crippen LogP contribution >= 0.6 is 0 Å². The van der Waals surface area contributed by atoms with Crippen molar-refractivity contribution in [3.05, 3.63) is 172 Å². The maximum atomic E-state index is 10.1. The van der Waals surface area contributed by atoms with Gasteiger partial charge >= 0.3 is 0 Å². The summed E-state index contributed by atoms with van der Waals surface area (Å²) in [5.41, 5.74) is 19.2. The summed E-state index contributed by atoms with van der Waals surface area (Å²) < 4.78 is 2.73. The molecule has 266 valence electrons. The molecule has 0 saturated heterocycles. The lowest BCUT2D eigenvalue weighted by Crippen LogP contribution is -2.22. The Hall–Kier alpha value is -5.91. The molecule has 0 radical (unpaired) electrons. The molecule has 1 heterocycles. The Morgan fingerprint density at radius 2 is 1.60 bits per heavy atom. The number of hydrogen-bond acceptors (Lipinski definition) is 1. The minimum atomic E-state index is 0.140. The zero-order valence-electron chi connectivity index (χ0n) is 31.5. The highest BCUT2D eigenvalue weighted by atomic mass is 15.0. The van der Waals surface area contributed by atoms with E-state index in [0.717, 1.165) is 44.1 Å². The van der Waals surface area contributed by atoms with Gasteiger partial charge in [0.1, 0.15) is 0 Å². The van der Waals surface area contributed by atoms with Crippen LogP contribution in [0.15, 0.2) is 145 Å². The lowest BCUT2D eigenvalue weighted by Gasteiger charge is -2.36. The summed E-state index contributed by atoms with van der Waals surface area (Å²) in [6.45, 7) is 2.39. The Morgan fingerprint density at radius 3 is 2.51 bits per heavy atom. The molecule has 4 aliphatic carbocycles. The zero-order valence-corrected chi connectivity index (χ0v) is 31.5. The van der Waals surface area contributed by atoms with E-state index in [9.17, 15) is 5.26 Å². The molecular weight excluding hydrogens is 665 g/mol. The summed E-state index contributed by atoms with van der Waals surface area (Å²) in [5, 5.41) is 15.4. The molecule has 55 heavy (non-hydrogen) atoms. The first-order chi connectivity index (χ1) is 27.2. The third kappa shape index (κ3) is 4.85. The average molecular weight is 709 g/mol. The molecule has 0 N–H and O–H groups in total. The zero-order chi connectivity index (χ0) is 36.6. The molecule has 6 aromatic carbocycles. The van der Waals surface area contributed by atoms with E-state index < -0.39 is 0 Å². The molecular formula is C53H44N2. The molecule has 4 aliphatic rings. The normalized spacial score (nSPS) is 23.0. The number of fused-ring (bicyclic) bond motifs is 11. The number of nitrogens with zero attached hydrogens (tertiary/aromatic N) is 2. The van der Waals surface area contributed by atoms with E-state index in [1.165, 1.54) is 101 Å². The van der Waals surface area contributed by atoms with Crippen molar-refractivity contribution >= 4 is 38.3 Å². The fourth-order valence-electron chi connectivity index (χ4n) is 11.2. The van der Waals surface area contributed by atoms with Crippen LogP contribution in [0.25, 0.3) is 60.5 Å². The van der Waals surface area contributed by atoms with Crippen molar-refractivity contribution in [2.24, 2.45) is 5.92 Å². The Morgan fingerprint density at radius 1 is 0.745 bits per heavy atom. The molecule has 2 heteroatoms. The molecule has 0 bridgehead atoms. The molecule has 0 aliphatic heterocycles. The van der Waals surface area contributed by atoms with Gasteiger partial charge in [-0.1, -0.05) is 122 Å². The Balaban J connectivity index is 1.26. The van der Waals surface area contributed by atoms with Gasteiger partial charge in [-0.25, -0.2) is 0 Å². The van der Waals surface area contributed by atoms with E-state index in [1.807, 2.05) is 6.07 Å². The second-order valence-electron chi connectivity index (χ2n) is 16.2. The second-order valence-corrected chi connectivity index (χ2v) is 16.2. The summed E-state index contributed by atoms with van der Waals surface area (Å²) in [6.07, 6.45) is 16.4. The van der Waals surface area contributed by atoms with Gasteiger partial charge in [0.15, 0.2) is 0 Å². The molecule has 7 aromatic rings. The molecule has 0 fully saturated rings. The van der Waals surface area contributed by atoms with Crippen LogP contribution in [-0.2, 0) is 6.42 Å². The Kier molecular flexibility index (Phi) is 7.60. The first kappa shape index (κ1) is 32.5. The van der Waals surface area contributed by atoms with Gasteiger partial charge in [0.2, 0.25) is 0 Å². The van der Waals surface area contributed by atoms with Crippen molar-refractivity contribution < 1.29 is 0 Å². The number of benzene rings is 6. The quantitative estimate of drug-likeness (QED) is 0.180. The van der Waals surface area contributed by atoms with Crippen molar-refractivity contribution in [2.45, 2.75) is 70.1 Å². The van der Waals surface area contributed by atoms with Crippen LogP contribution in [0.4, 0.5) is 0 Å². The van der Waals surface area contributed by atoms with Gasteiger partial charge in [-0.15, -0.1) is 0 Å². The molecule has 0 spiro atoms. The number of para-hydroxylation sites is 1. The van der Waals surface area contributed by atoms with E-state index in [1.54, 1.807) is 5.57 Å². The van der Waals surface area contributed by atoms with Crippen LogP contribution in [0.5, 0.6) is 0 Å². The summed E-state index contributed by atoms with van der Waals surface area (Å²) in [5.74, 6) is 0.668. The van der Waals surface area contributed by atoms with E-state index in [2.05, 4.69) is 145 Å². The first-order valence-corrected chi connectivity index (χ1v) is 20.5. The number of hydrogen-bond donors (Lipinski definition) is 0. The van der Waals surface area contributed by atoms with Gasteiger partial charge in [0.05, 0.1) is 22.7 Å². The number of nitriles is 1. The number of rotatable bonds is 3. The van der Waals surface area contributed by atoms with Gasteiger partial charge in [0.25, 0.3) is 0 Å². The highest BCUT2D eigenvalue weighted by Crippen LogP contribution is 2.59. The molecule has 3 unspecified atom stereocenters. The highest BCUT2D eigenvalue weighted by Gasteiger charge is 2.40. The standard InChI is InChI=1S/C53H44N2/c1-2-38-47(26-14-18-34-16-5-3-4-6-20-39(34)49(38)36-19-13-15-33(29-36)32-54)55-48-25-12-11-24-43(48)46-31-45-42-23-10-9-22-41(42)44-30-37-28-27-35-17-7-8-21-40(35)50(37)52(51(44)45)53(46)55/h6-13,15,17,19-29,31,38,44,49H,2-5,14,16,18,30H2,1H3/b20-6-,39-34-,47-26+. The van der Waals surface area contributed by atoms with Crippen LogP contribution < -0.4 is 0 Å². The van der Waals surface area contributed by atoms with Gasteiger partial charge in [-0.3, -0.25) is 0 Å². The SMILES string of the molecule is CCC1/C(n2c3ccccc3c3cc4c5c(c32)-c2c(ccc3ccccc23)CC5c2ccccc2-4)=C\CC/C2=C(/C=C\CCCC2)C1c1cccc(C#N)c1. The largest absolute Gasteiger partial charge is 0.312 e. The van der Waals surface area contributed by atoms with E-state index in [-0.39, 0.29) is 11.8 Å². The summed E-state index contributed by atoms with van der Waals surface area (Å²) in [6, 6.07) is 45.7. The molecule has 3 atom stereocenters. The second kappa shape index (κ2) is 12.9. The topological polar surface area (TPSA) is 28.7 Å². The third-order valence-electron chi connectivity index (χ3n) is 13.5. The molecule has 1 aromatic heterocycles. The van der Waals surface area contributed by atoms with Crippen molar-refractivity contribution in [1.82, 2.24) is 4.57 Å². The fraction of sp³-hybridized carbons (Fsp3) is 0.226. The predicted molar refractivity (Wildman–Crippen MR) is 229 cm³/mol. The summed E-state index contributed by atoms with van der Waals surface area (Å²) >= 11 is 0. The van der Waals surface area contributed by atoms with Crippen LogP contribution in [0.2, 0.25) is 0 Å². The van der Waals surface area contributed by atoms with Crippen molar-refractivity contribution in [3.8, 4) is 28.3 Å². The lowest BCUT2D eigenvalue weighted by atomic mass is 9.72. The van der Waals surface area contributed by atoms with Crippen molar-refractivity contribution in [1.29, 1.82) is 5.26 Å².